The molecule has 5 rings (SSSR count). The Balaban J connectivity index is 1.44. The average molecular weight is 417 g/mol. The van der Waals surface area contributed by atoms with E-state index in [2.05, 4.69) is 27.1 Å². The maximum atomic E-state index is 13.2. The van der Waals surface area contributed by atoms with E-state index >= 15 is 0 Å². The van der Waals surface area contributed by atoms with Crippen molar-refractivity contribution in [2.45, 2.75) is 26.3 Å². The first kappa shape index (κ1) is 19.8. The molecule has 0 saturated carbocycles. The van der Waals surface area contributed by atoms with Gasteiger partial charge in [-0.05, 0) is 57.0 Å². The lowest BCUT2D eigenvalue weighted by atomic mass is 9.96. The molecule has 7 nitrogen and oxygen atoms in total. The van der Waals surface area contributed by atoms with Crippen LogP contribution in [0.2, 0.25) is 0 Å². The van der Waals surface area contributed by atoms with Crippen molar-refractivity contribution in [2.75, 3.05) is 31.6 Å². The van der Waals surface area contributed by atoms with Gasteiger partial charge in [-0.3, -0.25) is 9.78 Å². The minimum Gasteiger partial charge on any atom is -0.370 e. The van der Waals surface area contributed by atoms with Crippen LogP contribution in [-0.2, 0) is 6.54 Å². The van der Waals surface area contributed by atoms with E-state index in [1.807, 2.05) is 54.4 Å². The monoisotopic (exact) mass is 416 g/mol. The zero-order valence-corrected chi connectivity index (χ0v) is 18.1. The summed E-state index contributed by atoms with van der Waals surface area (Å²) in [6.45, 7) is 5.55. The predicted octanol–water partition coefficient (Wildman–Crippen LogP) is 2.84. The quantitative estimate of drug-likeness (QED) is 0.542. The van der Waals surface area contributed by atoms with E-state index in [1.165, 1.54) is 5.56 Å². The highest BCUT2D eigenvalue weighted by atomic mass is 16.1. The Morgan fingerprint density at radius 2 is 1.94 bits per heavy atom. The molecule has 4 aromatic rings. The van der Waals surface area contributed by atoms with Crippen molar-refractivity contribution in [2.24, 2.45) is 5.92 Å². The van der Waals surface area contributed by atoms with Gasteiger partial charge in [0.05, 0.1) is 29.5 Å². The van der Waals surface area contributed by atoms with Crippen LogP contribution in [0, 0.1) is 12.8 Å². The molecular formula is C24H28N6O. The van der Waals surface area contributed by atoms with Gasteiger partial charge in [0.25, 0.3) is 5.56 Å². The van der Waals surface area contributed by atoms with Gasteiger partial charge >= 0.3 is 0 Å². The molecule has 0 atom stereocenters. The van der Waals surface area contributed by atoms with Gasteiger partial charge < -0.3 is 19.2 Å². The average Bonchev–Trinajstić information content (AvgIpc) is 3.18. The Labute approximate surface area is 181 Å². The van der Waals surface area contributed by atoms with Gasteiger partial charge in [0.1, 0.15) is 5.65 Å². The largest absolute Gasteiger partial charge is 0.370 e. The van der Waals surface area contributed by atoms with Crippen molar-refractivity contribution < 1.29 is 0 Å². The summed E-state index contributed by atoms with van der Waals surface area (Å²) in [6, 6.07) is 6.09. The number of anilines is 1. The molecule has 1 N–H and O–H groups in total. The van der Waals surface area contributed by atoms with Crippen LogP contribution in [-0.4, -0.2) is 45.6 Å². The summed E-state index contributed by atoms with van der Waals surface area (Å²) in [4.78, 5) is 24.7. The van der Waals surface area contributed by atoms with Gasteiger partial charge in [0.15, 0.2) is 0 Å². The molecule has 1 aliphatic heterocycles. The molecule has 0 bridgehead atoms. The molecule has 0 aromatic carbocycles. The van der Waals surface area contributed by atoms with Gasteiger partial charge in [-0.15, -0.1) is 0 Å². The Morgan fingerprint density at radius 3 is 2.74 bits per heavy atom. The van der Waals surface area contributed by atoms with Crippen molar-refractivity contribution >= 4 is 22.1 Å². The summed E-state index contributed by atoms with van der Waals surface area (Å²) in [5.74, 6) is 0.718. The number of imidazole rings is 1. The number of nitrogens with zero attached hydrogens (tertiary/aromatic N) is 5. The van der Waals surface area contributed by atoms with Crippen molar-refractivity contribution in [1.29, 1.82) is 0 Å². The van der Waals surface area contributed by atoms with E-state index in [1.54, 1.807) is 10.8 Å². The Bertz CT molecular complexity index is 1280. The normalized spacial score (nSPS) is 15.2. The third-order valence-electron chi connectivity index (χ3n) is 6.31. The minimum absolute atomic E-state index is 0.0230. The lowest BCUT2D eigenvalue weighted by Crippen LogP contribution is -2.37. The lowest BCUT2D eigenvalue weighted by Gasteiger charge is -2.34. The Morgan fingerprint density at radius 1 is 1.10 bits per heavy atom. The number of nitrogens with one attached hydrogen (secondary N) is 1. The van der Waals surface area contributed by atoms with E-state index in [4.69, 9.17) is 0 Å². The molecule has 4 aromatic heterocycles. The predicted molar refractivity (Wildman–Crippen MR) is 124 cm³/mol. The molecule has 1 aliphatic rings. The maximum Gasteiger partial charge on any atom is 0.260 e. The number of hydrogen-bond donors (Lipinski definition) is 1. The SMILES string of the molecule is CNCC1CCN(c2cncc3c(=O)n(Cc4cn5cc(C)ccc5n4)ccc23)CC1. The molecular weight excluding hydrogens is 388 g/mol. The topological polar surface area (TPSA) is 67.5 Å². The second kappa shape index (κ2) is 8.15. The summed E-state index contributed by atoms with van der Waals surface area (Å²) in [5.41, 5.74) is 3.97. The fourth-order valence-electron chi connectivity index (χ4n) is 4.64. The van der Waals surface area contributed by atoms with Gasteiger partial charge in [0, 0.05) is 43.3 Å². The van der Waals surface area contributed by atoms with Crippen LogP contribution in [0.15, 0.2) is 54.0 Å². The van der Waals surface area contributed by atoms with E-state index in [-0.39, 0.29) is 5.56 Å². The number of aryl methyl sites for hydroxylation is 1. The van der Waals surface area contributed by atoms with Gasteiger partial charge in [0.2, 0.25) is 0 Å². The Kier molecular flexibility index (Phi) is 5.19. The number of hydrogen-bond acceptors (Lipinski definition) is 5. The summed E-state index contributed by atoms with van der Waals surface area (Å²) in [5, 5.41) is 4.93. The zero-order valence-electron chi connectivity index (χ0n) is 18.1. The first-order valence-corrected chi connectivity index (χ1v) is 10.9. The molecule has 0 amide bonds. The fourth-order valence-corrected chi connectivity index (χ4v) is 4.64. The molecule has 31 heavy (non-hydrogen) atoms. The van der Waals surface area contributed by atoms with Crippen molar-refractivity contribution in [3.8, 4) is 0 Å². The summed E-state index contributed by atoms with van der Waals surface area (Å²) >= 11 is 0. The summed E-state index contributed by atoms with van der Waals surface area (Å²) in [6.07, 6.45) is 11.8. The molecule has 0 unspecified atom stereocenters. The van der Waals surface area contributed by atoms with Crippen LogP contribution in [0.5, 0.6) is 0 Å². The van der Waals surface area contributed by atoms with Crippen LogP contribution < -0.4 is 15.8 Å². The summed E-state index contributed by atoms with van der Waals surface area (Å²) < 4.78 is 3.73. The molecule has 7 heteroatoms. The van der Waals surface area contributed by atoms with Crippen LogP contribution in [0.3, 0.4) is 0 Å². The second-order valence-corrected chi connectivity index (χ2v) is 8.56. The first-order chi connectivity index (χ1) is 15.1. The van der Waals surface area contributed by atoms with E-state index in [0.717, 1.165) is 60.8 Å². The molecule has 0 spiro atoms. The standard InChI is InChI=1S/C24H28N6O/c1-17-3-4-23-27-19(16-30(23)14-17)15-29-10-7-20-21(24(29)31)12-26-13-22(20)28-8-5-18(6-9-28)11-25-2/h3-4,7,10,12-14,16,18,25H,5-6,8-9,11,15H2,1-2H3. The highest BCUT2D eigenvalue weighted by Gasteiger charge is 2.21. The van der Waals surface area contributed by atoms with E-state index in [0.29, 0.717) is 11.9 Å². The number of pyridine rings is 3. The minimum atomic E-state index is -0.0230. The second-order valence-electron chi connectivity index (χ2n) is 8.56. The third kappa shape index (κ3) is 3.81. The maximum absolute atomic E-state index is 13.2. The van der Waals surface area contributed by atoms with Crippen LogP contribution in [0.1, 0.15) is 24.1 Å². The van der Waals surface area contributed by atoms with Crippen LogP contribution in [0.25, 0.3) is 16.4 Å². The highest BCUT2D eigenvalue weighted by Crippen LogP contribution is 2.28. The zero-order chi connectivity index (χ0) is 21.4. The third-order valence-corrected chi connectivity index (χ3v) is 6.31. The summed E-state index contributed by atoms with van der Waals surface area (Å²) in [7, 11) is 2.01. The molecule has 5 heterocycles. The smallest absolute Gasteiger partial charge is 0.260 e. The van der Waals surface area contributed by atoms with E-state index < -0.39 is 0 Å². The first-order valence-electron chi connectivity index (χ1n) is 10.9. The van der Waals surface area contributed by atoms with E-state index in [9.17, 15) is 4.79 Å². The number of aromatic nitrogens is 4. The highest BCUT2D eigenvalue weighted by molar-refractivity contribution is 5.92. The van der Waals surface area contributed by atoms with Gasteiger partial charge in [-0.2, -0.15) is 0 Å². The lowest BCUT2D eigenvalue weighted by molar-refractivity contribution is 0.394. The molecule has 160 valence electrons. The number of rotatable bonds is 5. The van der Waals surface area contributed by atoms with Crippen molar-refractivity contribution in [3.63, 3.8) is 0 Å². The van der Waals surface area contributed by atoms with Crippen LogP contribution >= 0.6 is 0 Å². The number of fused-ring (bicyclic) bond motifs is 2. The van der Waals surface area contributed by atoms with Crippen molar-refractivity contribution in [3.05, 3.63) is 70.8 Å². The van der Waals surface area contributed by atoms with Crippen LogP contribution in [0.4, 0.5) is 5.69 Å². The Hall–Kier alpha value is -3.19. The number of piperidine rings is 1. The van der Waals surface area contributed by atoms with Gasteiger partial charge in [-0.25, -0.2) is 4.98 Å². The molecule has 1 saturated heterocycles. The molecule has 1 fully saturated rings. The fraction of sp³-hybridized carbons (Fsp3) is 0.375. The van der Waals surface area contributed by atoms with Gasteiger partial charge in [-0.1, -0.05) is 6.07 Å². The molecule has 0 aliphatic carbocycles. The van der Waals surface area contributed by atoms with Crippen molar-refractivity contribution in [1.82, 2.24) is 24.3 Å². The molecule has 0 radical (unpaired) electrons.